The number of rotatable bonds is 5. The monoisotopic (exact) mass is 420 g/mol. The lowest BCUT2D eigenvalue weighted by atomic mass is 10.2. The molecule has 2 aromatic rings. The summed E-state index contributed by atoms with van der Waals surface area (Å²) in [6.45, 7) is 8.06. The second-order valence-corrected chi connectivity index (χ2v) is 8.91. The third-order valence-corrected chi connectivity index (χ3v) is 6.35. The molecule has 0 bridgehead atoms. The summed E-state index contributed by atoms with van der Waals surface area (Å²) in [5.41, 5.74) is 2.36. The van der Waals surface area contributed by atoms with Gasteiger partial charge in [0, 0.05) is 31.9 Å². The van der Waals surface area contributed by atoms with E-state index in [0.717, 1.165) is 5.69 Å². The van der Waals surface area contributed by atoms with E-state index in [1.807, 2.05) is 19.9 Å². The van der Waals surface area contributed by atoms with Gasteiger partial charge < -0.3 is 14.7 Å². The van der Waals surface area contributed by atoms with Crippen LogP contribution in [0.1, 0.15) is 19.4 Å². The maximum absolute atomic E-state index is 12.9. The SMILES string of the molecule is Cc1cccc(N2CCN(S(=O)(=O)c3ccc(OC(C)C)cc3)CC2)c1.O=CO. The van der Waals surface area contributed by atoms with Crippen LogP contribution in [0.5, 0.6) is 5.75 Å². The van der Waals surface area contributed by atoms with Crippen LogP contribution in [0.2, 0.25) is 0 Å². The lowest BCUT2D eigenvalue weighted by Gasteiger charge is -2.35. The maximum atomic E-state index is 12.9. The normalized spacial score (nSPS) is 14.8. The number of aryl methyl sites for hydroxylation is 1. The van der Waals surface area contributed by atoms with Gasteiger partial charge in [-0.2, -0.15) is 4.31 Å². The van der Waals surface area contributed by atoms with Gasteiger partial charge in [-0.05, 0) is 62.7 Å². The molecule has 29 heavy (non-hydrogen) atoms. The molecule has 1 saturated heterocycles. The molecule has 0 aromatic heterocycles. The summed E-state index contributed by atoms with van der Waals surface area (Å²) in [6, 6.07) is 15.0. The number of carbonyl (C=O) groups is 1. The van der Waals surface area contributed by atoms with Crippen molar-refractivity contribution < 1.29 is 23.1 Å². The number of ether oxygens (including phenoxy) is 1. The first-order valence-corrected chi connectivity index (χ1v) is 10.9. The van der Waals surface area contributed by atoms with Crippen molar-refractivity contribution in [3.8, 4) is 5.75 Å². The molecular weight excluding hydrogens is 392 g/mol. The molecule has 8 heteroatoms. The number of hydrogen-bond acceptors (Lipinski definition) is 5. The van der Waals surface area contributed by atoms with E-state index in [1.54, 1.807) is 28.6 Å². The zero-order valence-electron chi connectivity index (χ0n) is 17.0. The number of anilines is 1. The second kappa shape index (κ2) is 10.3. The molecule has 0 atom stereocenters. The molecule has 0 radical (unpaired) electrons. The highest BCUT2D eigenvalue weighted by Crippen LogP contribution is 2.23. The minimum atomic E-state index is -3.47. The van der Waals surface area contributed by atoms with Crippen LogP contribution in [0.4, 0.5) is 5.69 Å². The van der Waals surface area contributed by atoms with Crippen molar-refractivity contribution in [2.75, 3.05) is 31.1 Å². The summed E-state index contributed by atoms with van der Waals surface area (Å²) < 4.78 is 32.9. The zero-order chi connectivity index (χ0) is 21.4. The Labute approximate surface area is 172 Å². The van der Waals surface area contributed by atoms with Crippen molar-refractivity contribution in [3.05, 3.63) is 54.1 Å². The smallest absolute Gasteiger partial charge is 0.290 e. The third kappa shape index (κ3) is 6.20. The molecule has 0 unspecified atom stereocenters. The highest BCUT2D eigenvalue weighted by molar-refractivity contribution is 7.89. The summed E-state index contributed by atoms with van der Waals surface area (Å²) in [5, 5.41) is 6.89. The molecule has 0 spiro atoms. The van der Waals surface area contributed by atoms with Crippen molar-refractivity contribution in [1.29, 1.82) is 0 Å². The lowest BCUT2D eigenvalue weighted by Crippen LogP contribution is -2.48. The number of sulfonamides is 1. The van der Waals surface area contributed by atoms with E-state index in [1.165, 1.54) is 5.56 Å². The van der Waals surface area contributed by atoms with Crippen molar-refractivity contribution in [2.24, 2.45) is 0 Å². The molecule has 0 amide bonds. The number of piperazine rings is 1. The van der Waals surface area contributed by atoms with Gasteiger partial charge in [0.15, 0.2) is 0 Å². The largest absolute Gasteiger partial charge is 0.491 e. The van der Waals surface area contributed by atoms with Gasteiger partial charge in [-0.1, -0.05) is 12.1 Å². The first-order valence-electron chi connectivity index (χ1n) is 9.44. The molecule has 0 saturated carbocycles. The minimum Gasteiger partial charge on any atom is -0.491 e. The van der Waals surface area contributed by atoms with Crippen molar-refractivity contribution >= 4 is 22.2 Å². The Morgan fingerprint density at radius 3 is 2.14 bits per heavy atom. The van der Waals surface area contributed by atoms with Crippen molar-refractivity contribution in [3.63, 3.8) is 0 Å². The summed E-state index contributed by atoms with van der Waals surface area (Å²) in [4.78, 5) is 10.9. The number of benzene rings is 2. The average molecular weight is 421 g/mol. The first kappa shape index (κ1) is 22.7. The number of hydrogen-bond donors (Lipinski definition) is 1. The fourth-order valence-corrected chi connectivity index (χ4v) is 4.54. The van der Waals surface area contributed by atoms with Gasteiger partial charge in [-0.15, -0.1) is 0 Å². The fraction of sp³-hybridized carbons (Fsp3) is 0.381. The van der Waals surface area contributed by atoms with Gasteiger partial charge >= 0.3 is 0 Å². The Bertz CT molecular complexity index is 890. The summed E-state index contributed by atoms with van der Waals surface area (Å²) in [5.74, 6) is 0.684. The van der Waals surface area contributed by atoms with E-state index in [2.05, 4.69) is 30.0 Å². The fourth-order valence-electron chi connectivity index (χ4n) is 3.12. The van der Waals surface area contributed by atoms with E-state index in [-0.39, 0.29) is 12.6 Å². The molecule has 158 valence electrons. The quantitative estimate of drug-likeness (QED) is 0.749. The van der Waals surface area contributed by atoms with Crippen LogP contribution in [-0.2, 0) is 14.8 Å². The van der Waals surface area contributed by atoms with Gasteiger partial charge in [0.2, 0.25) is 10.0 Å². The molecule has 3 rings (SSSR count). The predicted molar refractivity (Wildman–Crippen MR) is 113 cm³/mol. The van der Waals surface area contributed by atoms with Gasteiger partial charge in [-0.25, -0.2) is 8.42 Å². The van der Waals surface area contributed by atoms with Crippen molar-refractivity contribution in [2.45, 2.75) is 31.8 Å². The highest BCUT2D eigenvalue weighted by atomic mass is 32.2. The minimum absolute atomic E-state index is 0.0622. The van der Waals surface area contributed by atoms with Crippen molar-refractivity contribution in [1.82, 2.24) is 4.31 Å². The van der Waals surface area contributed by atoms with Crippen LogP contribution in [0, 0.1) is 6.92 Å². The summed E-state index contributed by atoms with van der Waals surface area (Å²) in [7, 11) is -3.47. The van der Waals surface area contributed by atoms with Crippen LogP contribution >= 0.6 is 0 Å². The standard InChI is InChI=1S/C20H26N2O3S.CH2O2/c1-16(2)25-19-7-9-20(10-8-19)26(23,24)22-13-11-21(12-14-22)18-6-4-5-17(3)15-18;2-1-3/h4-10,15-16H,11-14H2,1-3H3;1H,(H,2,3). The number of carboxylic acid groups (broad SMARTS) is 1. The Balaban J connectivity index is 0.000000941. The molecular formula is C21H28N2O5S. The van der Waals surface area contributed by atoms with Gasteiger partial charge in [0.1, 0.15) is 5.75 Å². The van der Waals surface area contributed by atoms with Crippen LogP contribution in [0.15, 0.2) is 53.4 Å². The van der Waals surface area contributed by atoms with Gasteiger partial charge in [0.25, 0.3) is 6.47 Å². The van der Waals surface area contributed by atoms with Gasteiger partial charge in [-0.3, -0.25) is 4.79 Å². The zero-order valence-corrected chi connectivity index (χ0v) is 17.8. The van der Waals surface area contributed by atoms with Crippen LogP contribution < -0.4 is 9.64 Å². The Kier molecular flexibility index (Phi) is 8.04. The molecule has 0 aliphatic carbocycles. The van der Waals surface area contributed by atoms with Crippen LogP contribution in [0.3, 0.4) is 0 Å². The Morgan fingerprint density at radius 2 is 1.62 bits per heavy atom. The topological polar surface area (TPSA) is 87.2 Å². The van der Waals surface area contributed by atoms with E-state index in [4.69, 9.17) is 14.6 Å². The Hall–Kier alpha value is -2.58. The molecule has 1 fully saturated rings. The second-order valence-electron chi connectivity index (χ2n) is 6.97. The molecule has 1 aliphatic heterocycles. The van der Waals surface area contributed by atoms with Crippen LogP contribution in [-0.4, -0.2) is 56.6 Å². The third-order valence-electron chi connectivity index (χ3n) is 4.44. The first-order chi connectivity index (χ1) is 13.8. The lowest BCUT2D eigenvalue weighted by molar-refractivity contribution is -0.122. The van der Waals surface area contributed by atoms with E-state index in [9.17, 15) is 8.42 Å². The summed E-state index contributed by atoms with van der Waals surface area (Å²) in [6.07, 6.45) is 0.0622. The molecule has 1 heterocycles. The molecule has 1 N–H and O–H groups in total. The molecule has 2 aromatic carbocycles. The van der Waals surface area contributed by atoms with Crippen LogP contribution in [0.25, 0.3) is 0 Å². The van der Waals surface area contributed by atoms with Gasteiger partial charge in [0.05, 0.1) is 11.0 Å². The average Bonchev–Trinajstić information content (AvgIpc) is 2.69. The molecule has 1 aliphatic rings. The summed E-state index contributed by atoms with van der Waals surface area (Å²) >= 11 is 0. The highest BCUT2D eigenvalue weighted by Gasteiger charge is 2.28. The Morgan fingerprint density at radius 1 is 1.03 bits per heavy atom. The number of nitrogens with zero attached hydrogens (tertiary/aromatic N) is 2. The van der Waals surface area contributed by atoms with E-state index >= 15 is 0 Å². The predicted octanol–water partition coefficient (Wildman–Crippen LogP) is 2.99. The maximum Gasteiger partial charge on any atom is 0.290 e. The molecule has 7 nitrogen and oxygen atoms in total. The van der Waals surface area contributed by atoms with E-state index in [0.29, 0.717) is 36.8 Å². The van der Waals surface area contributed by atoms with E-state index < -0.39 is 10.0 Å².